The number of imidazole rings is 1. The number of carboxylic acid groups (broad SMARTS) is 2. The number of H-pyrrole nitrogens is 3. The maximum absolute atomic E-state index is 15.1. The zero-order chi connectivity index (χ0) is 70.7. The molecule has 0 aliphatic carbocycles. The Morgan fingerprint density at radius 2 is 1.04 bits per heavy atom. The highest BCUT2D eigenvalue weighted by atomic mass is 32.2. The van der Waals surface area contributed by atoms with Crippen LogP contribution in [-0.4, -0.2) is 192 Å². The fraction of sp³-hybridized carbons (Fsp3) is 0.431. The molecule has 9 amide bonds. The number of benzene rings is 3. The van der Waals surface area contributed by atoms with E-state index in [9.17, 15) is 63.3 Å². The van der Waals surface area contributed by atoms with Crippen LogP contribution in [0.3, 0.4) is 0 Å². The van der Waals surface area contributed by atoms with Crippen molar-refractivity contribution >= 4 is 105 Å². The first-order valence-electron chi connectivity index (χ1n) is 31.6. The van der Waals surface area contributed by atoms with Crippen LogP contribution in [0.15, 0.2) is 104 Å². The maximum Gasteiger partial charge on any atom is 0.326 e. The van der Waals surface area contributed by atoms with Gasteiger partial charge < -0.3 is 94.9 Å². The van der Waals surface area contributed by atoms with Gasteiger partial charge in [-0.1, -0.05) is 80.6 Å². The molecular formula is C65H87N17O14S. The number of hydrogen-bond acceptors (Lipinski definition) is 16. The van der Waals surface area contributed by atoms with E-state index >= 15 is 4.79 Å². The number of nitrogens with zero attached hydrogens (tertiary/aromatic N) is 1. The van der Waals surface area contributed by atoms with Crippen molar-refractivity contribution in [3.8, 4) is 0 Å². The van der Waals surface area contributed by atoms with Gasteiger partial charge >= 0.3 is 11.9 Å². The molecule has 3 heterocycles. The van der Waals surface area contributed by atoms with Crippen LogP contribution in [0.4, 0.5) is 0 Å². The summed E-state index contributed by atoms with van der Waals surface area (Å²) in [6.45, 7) is 4.28. The van der Waals surface area contributed by atoms with Crippen LogP contribution < -0.4 is 64.6 Å². The quantitative estimate of drug-likeness (QED) is 0.0129. The normalized spacial score (nSPS) is 14.3. The van der Waals surface area contributed by atoms with Crippen LogP contribution >= 0.6 is 11.8 Å². The highest BCUT2D eigenvalue weighted by molar-refractivity contribution is 7.98. The van der Waals surface area contributed by atoms with Crippen molar-refractivity contribution < 1.29 is 68.1 Å². The van der Waals surface area contributed by atoms with Crippen LogP contribution in [0.2, 0.25) is 0 Å². The summed E-state index contributed by atoms with van der Waals surface area (Å²) in [6, 6.07) is 9.62. The predicted molar refractivity (Wildman–Crippen MR) is 361 cm³/mol. The number of nitrogens with two attached hydrogens (primary N) is 2. The van der Waals surface area contributed by atoms with Crippen LogP contribution in [0.25, 0.3) is 21.8 Å². The molecule has 0 unspecified atom stereocenters. The van der Waals surface area contributed by atoms with E-state index in [2.05, 4.69) is 73.1 Å². The fourth-order valence-electron chi connectivity index (χ4n) is 10.5. The molecule has 21 N–H and O–H groups in total. The lowest BCUT2D eigenvalue weighted by Gasteiger charge is -2.28. The lowest BCUT2D eigenvalue weighted by atomic mass is 9.99. The Morgan fingerprint density at radius 3 is 1.57 bits per heavy atom. The summed E-state index contributed by atoms with van der Waals surface area (Å²) in [4.78, 5) is 166. The number of aliphatic hydroxyl groups excluding tert-OH is 1. The second kappa shape index (κ2) is 37.7. The van der Waals surface area contributed by atoms with Gasteiger partial charge in [0, 0.05) is 79.0 Å². The number of carboxylic acids is 2. The Labute approximate surface area is 563 Å². The van der Waals surface area contributed by atoms with Gasteiger partial charge in [-0.05, 0) is 85.8 Å². The zero-order valence-corrected chi connectivity index (χ0v) is 55.0. The van der Waals surface area contributed by atoms with Gasteiger partial charge in [-0.25, -0.2) is 9.78 Å². The van der Waals surface area contributed by atoms with Crippen molar-refractivity contribution in [1.82, 2.24) is 73.1 Å². The molecule has 0 saturated heterocycles. The zero-order valence-electron chi connectivity index (χ0n) is 54.2. The van der Waals surface area contributed by atoms with Gasteiger partial charge in [0.15, 0.2) is 5.96 Å². The molecule has 0 radical (unpaired) electrons. The molecule has 0 fully saturated rings. The van der Waals surface area contributed by atoms with Crippen LogP contribution in [0.5, 0.6) is 0 Å². The lowest BCUT2D eigenvalue weighted by molar-refractivity contribution is -0.142. The molecule has 6 rings (SSSR count). The largest absolute Gasteiger partial charge is 0.481 e. The summed E-state index contributed by atoms with van der Waals surface area (Å²) in [5.74, 6) is -11.0. The Morgan fingerprint density at radius 1 is 0.557 bits per heavy atom. The third kappa shape index (κ3) is 24.1. The number of hydrogen-bond donors (Lipinski definition) is 19. The summed E-state index contributed by atoms with van der Waals surface area (Å²) in [6.07, 6.45) is 4.66. The molecule has 0 aliphatic rings. The number of aromatic nitrogens is 4. The van der Waals surface area contributed by atoms with E-state index in [1.54, 1.807) is 99.2 Å². The minimum atomic E-state index is -1.71. The van der Waals surface area contributed by atoms with Crippen molar-refractivity contribution in [2.75, 3.05) is 25.1 Å². The van der Waals surface area contributed by atoms with E-state index in [-0.39, 0.29) is 75.5 Å². The summed E-state index contributed by atoms with van der Waals surface area (Å²) < 4.78 is 0. The van der Waals surface area contributed by atoms with E-state index in [0.29, 0.717) is 33.3 Å². The first kappa shape index (κ1) is 75.7. The Bertz CT molecular complexity index is 3680. The summed E-state index contributed by atoms with van der Waals surface area (Å²) in [5.41, 5.74) is 14.6. The van der Waals surface area contributed by atoms with Gasteiger partial charge in [0.05, 0.1) is 24.7 Å². The number of fused-ring (bicyclic) bond motifs is 2. The van der Waals surface area contributed by atoms with Crippen LogP contribution in [0, 0.1) is 11.3 Å². The number of carbonyl (C=O) groups excluding carboxylic acids is 9. The Kier molecular flexibility index (Phi) is 29.4. The number of thioether (sulfide) groups is 1. The minimum Gasteiger partial charge on any atom is -0.481 e. The average molecular weight is 1360 g/mol. The monoisotopic (exact) mass is 1360 g/mol. The van der Waals surface area contributed by atoms with Gasteiger partial charge in [-0.3, -0.25) is 53.4 Å². The first-order chi connectivity index (χ1) is 46.3. The van der Waals surface area contributed by atoms with E-state index in [1.807, 2.05) is 12.1 Å². The molecule has 3 aromatic carbocycles. The molecule has 3 aromatic heterocycles. The van der Waals surface area contributed by atoms with Crippen molar-refractivity contribution in [2.24, 2.45) is 17.4 Å². The van der Waals surface area contributed by atoms with Crippen molar-refractivity contribution in [2.45, 2.75) is 145 Å². The number of para-hydroxylation sites is 2. The van der Waals surface area contributed by atoms with Crippen LogP contribution in [0.1, 0.15) is 81.7 Å². The Hall–Kier alpha value is -10.3. The average Bonchev–Trinajstić information content (AvgIpc) is 1.75. The number of aliphatic carboxylic acids is 2. The highest BCUT2D eigenvalue weighted by Gasteiger charge is 2.36. The fourth-order valence-corrected chi connectivity index (χ4v) is 11.0. The lowest BCUT2D eigenvalue weighted by Crippen LogP contribution is -2.61. The van der Waals surface area contributed by atoms with Crippen molar-refractivity contribution in [1.29, 1.82) is 5.41 Å². The molecule has 32 heteroatoms. The van der Waals surface area contributed by atoms with Crippen LogP contribution in [-0.2, 0) is 78.4 Å². The third-order valence-corrected chi connectivity index (χ3v) is 16.4. The molecular weight excluding hydrogens is 1270 g/mol. The number of rotatable bonds is 40. The molecule has 0 aliphatic heterocycles. The highest BCUT2D eigenvalue weighted by Crippen LogP contribution is 2.22. The van der Waals surface area contributed by atoms with Gasteiger partial charge in [0.2, 0.25) is 53.2 Å². The number of aliphatic hydroxyl groups is 1. The summed E-state index contributed by atoms with van der Waals surface area (Å²) in [5, 5.41) is 65.0. The molecule has 10 atom stereocenters. The Balaban J connectivity index is 1.27. The minimum absolute atomic E-state index is 0.0168. The van der Waals surface area contributed by atoms with E-state index in [1.165, 1.54) is 31.2 Å². The second-order valence-electron chi connectivity index (χ2n) is 23.8. The molecule has 0 spiro atoms. The molecule has 0 saturated carbocycles. The predicted octanol–water partition coefficient (Wildman–Crippen LogP) is -0.643. The van der Waals surface area contributed by atoms with E-state index in [0.717, 1.165) is 10.9 Å². The van der Waals surface area contributed by atoms with Gasteiger partial charge in [0.1, 0.15) is 54.4 Å². The van der Waals surface area contributed by atoms with Gasteiger partial charge in [-0.15, -0.1) is 0 Å². The maximum atomic E-state index is 15.1. The van der Waals surface area contributed by atoms with Crippen molar-refractivity contribution in [3.63, 3.8) is 0 Å². The standard InChI is InChI=1S/C65H87N17O14S/c1-35(2)25-48(79-60(91)49(27-38-30-71-43-17-10-8-15-41(38)43)75-53(84)33-73-56(87)47(22-24-97-4)78-63(94)55(66)36(3)83)59(90)81-51(29-40-32-69-34-74-40)62(93)80-50(28-39-31-72-44-18-11-9-16-42(39)44)61(92)77-46(20-21-54(85)86)58(89)76-45(19-12-23-70-65(67)68)57(88)82-52(64(95)96)26-37-13-6-5-7-14-37/h5-11,13-18,30-32,34-36,45-52,55,71-72,83H,12,19-29,33,66H2,1-4H3,(H,69,74)(H,73,87)(H,75,84)(H,76,89)(H,77,92)(H,78,94)(H,79,91)(H,80,93)(H,81,90)(H,82,88)(H,85,86)(H,95,96)(H4,67,68,70)/t36-,45+,46+,47+,48+,49+,50+,51+,52+,55+/m1/s1. The molecule has 6 aromatic rings. The topological polar surface area (TPSA) is 505 Å². The molecule has 97 heavy (non-hydrogen) atoms. The third-order valence-electron chi connectivity index (χ3n) is 15.7. The number of amides is 9. The summed E-state index contributed by atoms with van der Waals surface area (Å²) >= 11 is 1.40. The SMILES string of the molecule is CSCC[C@H](NC(=O)[C@@H](N)[C@@H](C)O)C(=O)NCC(=O)N[C@@H](Cc1c[nH]c2ccccc12)C(=O)N[C@@H](CC(C)C)C(=O)N[C@@H](Cc1c[nH]cn1)C(=O)N[C@@H](Cc1c[nH]c2ccccc12)C(=O)N[C@@H](CCC(=O)O)C(=O)N[C@@H](CCCNC(=N)N)C(=O)N[C@@H](Cc1ccccc1)C(=O)O. The number of aromatic amines is 3. The molecule has 0 bridgehead atoms. The molecule has 522 valence electrons. The smallest absolute Gasteiger partial charge is 0.326 e. The second-order valence-corrected chi connectivity index (χ2v) is 24.8. The summed E-state index contributed by atoms with van der Waals surface area (Å²) in [7, 11) is 0. The van der Waals surface area contributed by atoms with E-state index < -0.39 is 145 Å². The van der Waals surface area contributed by atoms with Gasteiger partial charge in [-0.2, -0.15) is 11.8 Å². The van der Waals surface area contributed by atoms with Crippen molar-refractivity contribution in [3.05, 3.63) is 126 Å². The van der Waals surface area contributed by atoms with Gasteiger partial charge in [0.25, 0.3) is 0 Å². The molecule has 31 nitrogen and oxygen atoms in total. The first-order valence-corrected chi connectivity index (χ1v) is 33.0. The number of carbonyl (C=O) groups is 11. The number of guanidine groups is 1. The number of nitrogens with one attached hydrogen (secondary N) is 14. The van der Waals surface area contributed by atoms with E-state index in [4.69, 9.17) is 16.9 Å².